The van der Waals surface area contributed by atoms with Crippen LogP contribution in [0.3, 0.4) is 0 Å². The molecule has 5 rings (SSSR count). The third-order valence-electron chi connectivity index (χ3n) is 5.68. The smallest absolute Gasteiger partial charge is 0.274 e. The number of aromatic nitrogens is 2. The maximum absolute atomic E-state index is 13.1. The lowest BCUT2D eigenvalue weighted by atomic mass is 9.95. The lowest BCUT2D eigenvalue weighted by Gasteiger charge is -2.13. The van der Waals surface area contributed by atoms with E-state index < -0.39 is 0 Å². The molecular formula is C25H23N5O2. The van der Waals surface area contributed by atoms with Crippen LogP contribution in [0.1, 0.15) is 30.4 Å². The molecule has 32 heavy (non-hydrogen) atoms. The van der Waals surface area contributed by atoms with E-state index in [1.807, 2.05) is 18.2 Å². The summed E-state index contributed by atoms with van der Waals surface area (Å²) in [5.41, 5.74) is 5.52. The van der Waals surface area contributed by atoms with E-state index in [1.165, 1.54) is 0 Å². The molecule has 0 radical (unpaired) electrons. The van der Waals surface area contributed by atoms with Crippen LogP contribution in [0.5, 0.6) is 0 Å². The molecule has 2 N–H and O–H groups in total. The second kappa shape index (κ2) is 8.70. The van der Waals surface area contributed by atoms with Crippen molar-refractivity contribution in [3.63, 3.8) is 0 Å². The summed E-state index contributed by atoms with van der Waals surface area (Å²) in [5, 5.41) is 5.86. The predicted molar refractivity (Wildman–Crippen MR) is 124 cm³/mol. The van der Waals surface area contributed by atoms with Crippen molar-refractivity contribution in [2.24, 2.45) is 10.9 Å². The Labute approximate surface area is 186 Å². The molecule has 160 valence electrons. The summed E-state index contributed by atoms with van der Waals surface area (Å²) in [4.78, 5) is 38.1. The highest BCUT2D eigenvalue weighted by molar-refractivity contribution is 6.49. The molecule has 3 aromatic rings. The molecule has 7 nitrogen and oxygen atoms in total. The Morgan fingerprint density at radius 1 is 0.875 bits per heavy atom. The number of anilines is 2. The topological polar surface area (TPSA) is 96.3 Å². The summed E-state index contributed by atoms with van der Waals surface area (Å²) in [6.45, 7) is 0.605. The Kier molecular flexibility index (Phi) is 5.46. The second-order valence-electron chi connectivity index (χ2n) is 8.12. The van der Waals surface area contributed by atoms with E-state index in [0.717, 1.165) is 47.9 Å². The molecule has 0 saturated heterocycles. The van der Waals surface area contributed by atoms with Crippen LogP contribution < -0.4 is 10.6 Å². The highest BCUT2D eigenvalue weighted by Crippen LogP contribution is 2.31. The van der Waals surface area contributed by atoms with Crippen LogP contribution in [-0.2, 0) is 16.0 Å². The van der Waals surface area contributed by atoms with Gasteiger partial charge in [-0.15, -0.1) is 0 Å². The van der Waals surface area contributed by atoms with Crippen LogP contribution >= 0.6 is 0 Å². The third-order valence-corrected chi connectivity index (χ3v) is 5.68. The van der Waals surface area contributed by atoms with Crippen LogP contribution in [0.4, 0.5) is 11.4 Å². The minimum Gasteiger partial charge on any atom is -0.324 e. The Hall–Kier alpha value is -3.87. The van der Waals surface area contributed by atoms with Gasteiger partial charge >= 0.3 is 0 Å². The average Bonchev–Trinajstić information content (AvgIpc) is 3.67. The summed E-state index contributed by atoms with van der Waals surface area (Å²) in [5.74, 6) is -0.0583. The first-order valence-corrected chi connectivity index (χ1v) is 10.8. The first-order valence-electron chi connectivity index (χ1n) is 10.8. The fourth-order valence-corrected chi connectivity index (χ4v) is 3.82. The fourth-order valence-electron chi connectivity index (χ4n) is 3.82. The number of benzene rings is 1. The van der Waals surface area contributed by atoms with Crippen LogP contribution in [0.25, 0.3) is 11.1 Å². The van der Waals surface area contributed by atoms with Crippen molar-refractivity contribution in [1.29, 1.82) is 0 Å². The maximum Gasteiger partial charge on any atom is 0.274 e. The molecule has 1 saturated carbocycles. The van der Waals surface area contributed by atoms with Crippen LogP contribution in [-0.4, -0.2) is 34.0 Å². The van der Waals surface area contributed by atoms with Gasteiger partial charge in [0, 0.05) is 47.9 Å². The summed E-state index contributed by atoms with van der Waals surface area (Å²) >= 11 is 0. The van der Waals surface area contributed by atoms with Gasteiger partial charge in [-0.3, -0.25) is 24.5 Å². The first kappa shape index (κ1) is 20.1. The van der Waals surface area contributed by atoms with E-state index in [-0.39, 0.29) is 17.7 Å². The van der Waals surface area contributed by atoms with Gasteiger partial charge < -0.3 is 10.6 Å². The number of carbonyl (C=O) groups excluding carboxylic acids is 2. The van der Waals surface area contributed by atoms with E-state index in [4.69, 9.17) is 0 Å². The van der Waals surface area contributed by atoms with Gasteiger partial charge in [-0.05, 0) is 61.1 Å². The molecule has 0 spiro atoms. The predicted octanol–water partition coefficient (Wildman–Crippen LogP) is 3.87. The molecule has 0 unspecified atom stereocenters. The van der Waals surface area contributed by atoms with Crippen molar-refractivity contribution in [1.82, 2.24) is 9.97 Å². The molecule has 2 aromatic heterocycles. The molecule has 0 bridgehead atoms. The number of fused-ring (bicyclic) bond motifs is 1. The fraction of sp³-hybridized carbons (Fsp3) is 0.240. The van der Waals surface area contributed by atoms with Gasteiger partial charge in [0.05, 0.1) is 11.9 Å². The normalized spacial score (nSPS) is 15.2. The quantitative estimate of drug-likeness (QED) is 0.649. The minimum atomic E-state index is -0.236. The molecule has 2 aliphatic rings. The molecule has 0 atom stereocenters. The van der Waals surface area contributed by atoms with Gasteiger partial charge in [-0.2, -0.15) is 0 Å². The van der Waals surface area contributed by atoms with Gasteiger partial charge in [0.15, 0.2) is 0 Å². The van der Waals surface area contributed by atoms with E-state index in [1.54, 1.807) is 36.9 Å². The highest BCUT2D eigenvalue weighted by Gasteiger charge is 2.29. The molecule has 1 aliphatic carbocycles. The van der Waals surface area contributed by atoms with Gasteiger partial charge in [0.1, 0.15) is 5.71 Å². The molecule has 3 heterocycles. The molecule has 7 heteroatoms. The number of amides is 2. The number of pyridine rings is 2. The number of hydrogen-bond donors (Lipinski definition) is 2. The molecule has 1 aromatic carbocycles. The van der Waals surface area contributed by atoms with Gasteiger partial charge in [0.25, 0.3) is 5.91 Å². The van der Waals surface area contributed by atoms with E-state index >= 15 is 0 Å². The van der Waals surface area contributed by atoms with Crippen molar-refractivity contribution in [3.8, 4) is 11.1 Å². The maximum atomic E-state index is 13.1. The molecule has 1 fully saturated rings. The Balaban J connectivity index is 1.44. The average molecular weight is 425 g/mol. The Morgan fingerprint density at radius 3 is 2.53 bits per heavy atom. The van der Waals surface area contributed by atoms with Crippen molar-refractivity contribution in [2.75, 3.05) is 17.2 Å². The third kappa shape index (κ3) is 4.42. The molecule has 2 amide bonds. The lowest BCUT2D eigenvalue weighted by Crippen LogP contribution is -2.24. The number of rotatable bonds is 5. The SMILES string of the molecule is O=C(Nc1ccncc1)C1=NCCCc2ccc(-c3cncc(NC(=O)C4CC4)c3)cc21. The Bertz CT molecular complexity index is 1200. The lowest BCUT2D eigenvalue weighted by molar-refractivity contribution is -0.117. The zero-order valence-corrected chi connectivity index (χ0v) is 17.5. The summed E-state index contributed by atoms with van der Waals surface area (Å²) in [7, 11) is 0. The standard InChI is InChI=1S/C25H23N5O2/c31-24(17-4-5-17)30-21-12-19(14-27-15-21)18-6-3-16-2-1-9-28-23(22(16)13-18)25(32)29-20-7-10-26-11-8-20/h3,6-8,10-15,17H,1-2,4-5,9H2,(H,30,31)(H,26,29,32). The number of carbonyl (C=O) groups is 2. The highest BCUT2D eigenvalue weighted by atomic mass is 16.2. The zero-order valence-electron chi connectivity index (χ0n) is 17.5. The van der Waals surface area contributed by atoms with Gasteiger partial charge in [-0.1, -0.05) is 12.1 Å². The Morgan fingerprint density at radius 2 is 1.72 bits per heavy atom. The van der Waals surface area contributed by atoms with E-state index in [9.17, 15) is 9.59 Å². The van der Waals surface area contributed by atoms with Crippen LogP contribution in [0, 0.1) is 5.92 Å². The van der Waals surface area contributed by atoms with E-state index in [0.29, 0.717) is 23.6 Å². The largest absolute Gasteiger partial charge is 0.324 e. The summed E-state index contributed by atoms with van der Waals surface area (Å²) in [6.07, 6.45) is 10.4. The van der Waals surface area contributed by atoms with Gasteiger partial charge in [0.2, 0.25) is 5.91 Å². The summed E-state index contributed by atoms with van der Waals surface area (Å²) < 4.78 is 0. The molecular weight excluding hydrogens is 402 g/mol. The van der Waals surface area contributed by atoms with Crippen LogP contribution in [0.15, 0.2) is 66.2 Å². The number of nitrogens with one attached hydrogen (secondary N) is 2. The summed E-state index contributed by atoms with van der Waals surface area (Å²) in [6, 6.07) is 11.5. The minimum absolute atomic E-state index is 0.0491. The zero-order chi connectivity index (χ0) is 21.9. The monoisotopic (exact) mass is 425 g/mol. The van der Waals surface area contributed by atoms with Crippen molar-refractivity contribution in [3.05, 3.63) is 72.3 Å². The number of aliphatic imine (C=N–C) groups is 1. The van der Waals surface area contributed by atoms with E-state index in [2.05, 4.69) is 31.7 Å². The van der Waals surface area contributed by atoms with Crippen molar-refractivity contribution in [2.45, 2.75) is 25.7 Å². The number of aryl methyl sites for hydroxylation is 1. The van der Waals surface area contributed by atoms with Gasteiger partial charge in [-0.25, -0.2) is 0 Å². The van der Waals surface area contributed by atoms with Crippen molar-refractivity contribution >= 4 is 28.9 Å². The second-order valence-corrected chi connectivity index (χ2v) is 8.12. The molecule has 1 aliphatic heterocycles. The number of nitrogens with zero attached hydrogens (tertiary/aromatic N) is 3. The number of hydrogen-bond acceptors (Lipinski definition) is 5. The van der Waals surface area contributed by atoms with Crippen molar-refractivity contribution < 1.29 is 9.59 Å². The van der Waals surface area contributed by atoms with Crippen LogP contribution in [0.2, 0.25) is 0 Å². The first-order chi connectivity index (χ1) is 15.7.